The fourth-order valence-corrected chi connectivity index (χ4v) is 4.80. The van der Waals surface area contributed by atoms with E-state index in [1.807, 2.05) is 67.6 Å². The molecule has 3 aromatic carbocycles. The molecule has 0 atom stereocenters. The predicted octanol–water partition coefficient (Wildman–Crippen LogP) is 7.71. The summed E-state index contributed by atoms with van der Waals surface area (Å²) in [6.45, 7) is 9.04. The van der Waals surface area contributed by atoms with Crippen LogP contribution in [0.5, 0.6) is 5.75 Å². The molecule has 6 heteroatoms. The number of carbonyl (C=O) groups is 1. The van der Waals surface area contributed by atoms with E-state index in [1.165, 1.54) is 17.3 Å². The number of anilines is 1. The highest BCUT2D eigenvalue weighted by Crippen LogP contribution is 2.35. The van der Waals surface area contributed by atoms with Gasteiger partial charge in [-0.3, -0.25) is 4.79 Å². The molecule has 4 rings (SSSR count). The molecule has 192 valence electrons. The number of hydrogen-bond acceptors (Lipinski definition) is 5. The van der Waals surface area contributed by atoms with Crippen molar-refractivity contribution >= 4 is 23.4 Å². The molecule has 0 unspecified atom stereocenters. The van der Waals surface area contributed by atoms with Crippen LogP contribution in [0.1, 0.15) is 38.8 Å². The normalized spacial score (nSPS) is 11.0. The monoisotopic (exact) mass is 521 g/mol. The van der Waals surface area contributed by atoms with E-state index in [0.29, 0.717) is 22.9 Å². The molecule has 0 aliphatic heterocycles. The number of thioether (sulfide) groups is 1. The third-order valence-corrected chi connectivity index (χ3v) is 6.99. The van der Waals surface area contributed by atoms with E-state index >= 15 is 0 Å². The topological polar surface area (TPSA) is 75.0 Å². The molecule has 1 heterocycles. The van der Waals surface area contributed by atoms with Crippen LogP contribution in [-0.4, -0.2) is 23.3 Å². The second kappa shape index (κ2) is 12.0. The van der Waals surface area contributed by atoms with E-state index in [4.69, 9.17) is 9.72 Å². The van der Waals surface area contributed by atoms with Crippen molar-refractivity contribution in [1.29, 1.82) is 5.26 Å². The molecule has 1 amide bonds. The van der Waals surface area contributed by atoms with E-state index in [-0.39, 0.29) is 17.1 Å². The molecule has 0 radical (unpaired) electrons. The maximum Gasteiger partial charge on any atom is 0.234 e. The number of nitrogens with one attached hydrogen (secondary N) is 1. The average molecular weight is 522 g/mol. The number of rotatable bonds is 8. The van der Waals surface area contributed by atoms with Crippen LogP contribution in [0, 0.1) is 11.3 Å². The highest BCUT2D eigenvalue weighted by molar-refractivity contribution is 8.00. The summed E-state index contributed by atoms with van der Waals surface area (Å²) in [5.41, 5.74) is 5.85. The lowest BCUT2D eigenvalue weighted by molar-refractivity contribution is -0.113. The van der Waals surface area contributed by atoms with E-state index in [9.17, 15) is 10.1 Å². The summed E-state index contributed by atoms with van der Waals surface area (Å²) in [6.07, 6.45) is 0. The highest BCUT2D eigenvalue weighted by atomic mass is 32.2. The standard InChI is InChI=1S/C32H31N3O2S/c1-5-37-26-17-15-25(16-18-26)34-30(36)21-38-31-28(20-33)27(19-29(35-31)23-9-7-6-8-10-23)22-11-13-24(14-12-22)32(2,3)4/h6-19H,5,21H2,1-4H3,(H,34,36). The van der Waals surface area contributed by atoms with Crippen LogP contribution in [-0.2, 0) is 10.2 Å². The molecule has 0 spiro atoms. The van der Waals surface area contributed by atoms with Crippen LogP contribution in [0.4, 0.5) is 5.69 Å². The van der Waals surface area contributed by atoms with Gasteiger partial charge in [0.25, 0.3) is 0 Å². The Morgan fingerprint density at radius 3 is 2.26 bits per heavy atom. The van der Waals surface area contributed by atoms with Gasteiger partial charge in [0.2, 0.25) is 5.91 Å². The summed E-state index contributed by atoms with van der Waals surface area (Å²) in [5, 5.41) is 13.6. The predicted molar refractivity (Wildman–Crippen MR) is 155 cm³/mol. The SMILES string of the molecule is CCOc1ccc(NC(=O)CSc2nc(-c3ccccc3)cc(-c3ccc(C(C)(C)C)cc3)c2C#N)cc1. The number of ether oxygens (including phenoxy) is 1. The van der Waals surface area contributed by atoms with Gasteiger partial charge in [-0.2, -0.15) is 5.26 Å². The summed E-state index contributed by atoms with van der Waals surface area (Å²) in [6, 6.07) is 29.8. The molecule has 0 saturated heterocycles. The maximum atomic E-state index is 12.8. The number of amides is 1. The molecule has 0 bridgehead atoms. The highest BCUT2D eigenvalue weighted by Gasteiger charge is 2.19. The van der Waals surface area contributed by atoms with E-state index < -0.39 is 0 Å². The lowest BCUT2D eigenvalue weighted by atomic mass is 9.86. The van der Waals surface area contributed by atoms with Gasteiger partial charge in [-0.25, -0.2) is 4.98 Å². The van der Waals surface area contributed by atoms with Crippen LogP contribution in [0.25, 0.3) is 22.4 Å². The zero-order valence-electron chi connectivity index (χ0n) is 22.1. The average Bonchev–Trinajstić information content (AvgIpc) is 2.92. The lowest BCUT2D eigenvalue weighted by Gasteiger charge is -2.19. The molecule has 38 heavy (non-hydrogen) atoms. The first-order valence-electron chi connectivity index (χ1n) is 12.6. The van der Waals surface area contributed by atoms with Crippen LogP contribution in [0.15, 0.2) is 90.0 Å². The van der Waals surface area contributed by atoms with Gasteiger partial charge in [-0.05, 0) is 53.8 Å². The Morgan fingerprint density at radius 1 is 0.974 bits per heavy atom. The number of nitriles is 1. The Labute approximate surface area is 228 Å². The first kappa shape index (κ1) is 27.0. The maximum absolute atomic E-state index is 12.8. The minimum absolute atomic E-state index is 0.0295. The number of aromatic nitrogens is 1. The van der Waals surface area contributed by atoms with Gasteiger partial charge in [0, 0.05) is 16.8 Å². The quantitative estimate of drug-likeness (QED) is 0.240. The molecule has 1 aromatic heterocycles. The molecule has 1 N–H and O–H groups in total. The molecule has 0 saturated carbocycles. The van der Waals surface area contributed by atoms with Gasteiger partial charge in [0.15, 0.2) is 0 Å². The van der Waals surface area contributed by atoms with Crippen molar-refractivity contribution in [3.05, 3.63) is 96.1 Å². The minimum Gasteiger partial charge on any atom is -0.494 e. The Bertz CT molecular complexity index is 1440. The first-order chi connectivity index (χ1) is 18.3. The van der Waals surface area contributed by atoms with Crippen molar-refractivity contribution in [3.8, 4) is 34.2 Å². The van der Waals surface area contributed by atoms with Gasteiger partial charge in [-0.1, -0.05) is 87.1 Å². The summed E-state index contributed by atoms with van der Waals surface area (Å²) < 4.78 is 5.46. The number of nitrogens with zero attached hydrogens (tertiary/aromatic N) is 2. The first-order valence-corrected chi connectivity index (χ1v) is 13.5. The van der Waals surface area contributed by atoms with Crippen molar-refractivity contribution in [2.45, 2.75) is 38.1 Å². The van der Waals surface area contributed by atoms with Crippen LogP contribution in [0.3, 0.4) is 0 Å². The van der Waals surface area contributed by atoms with Gasteiger partial charge in [0.1, 0.15) is 16.8 Å². The Balaban J connectivity index is 1.64. The molecule has 4 aromatic rings. The van der Waals surface area contributed by atoms with Crippen molar-refractivity contribution in [3.63, 3.8) is 0 Å². The molecule has 0 fully saturated rings. The van der Waals surface area contributed by atoms with Gasteiger partial charge in [-0.15, -0.1) is 0 Å². The van der Waals surface area contributed by atoms with Gasteiger partial charge in [0.05, 0.1) is 23.6 Å². The van der Waals surface area contributed by atoms with Gasteiger partial charge < -0.3 is 10.1 Å². The summed E-state index contributed by atoms with van der Waals surface area (Å²) in [5.74, 6) is 0.699. The third-order valence-electron chi connectivity index (χ3n) is 6.02. The van der Waals surface area contributed by atoms with Crippen molar-refractivity contribution < 1.29 is 9.53 Å². The largest absolute Gasteiger partial charge is 0.494 e. The molecule has 0 aliphatic carbocycles. The summed E-state index contributed by atoms with van der Waals surface area (Å²) in [7, 11) is 0. The van der Waals surface area contributed by atoms with Crippen LogP contribution >= 0.6 is 11.8 Å². The van der Waals surface area contributed by atoms with Crippen molar-refractivity contribution in [2.75, 3.05) is 17.7 Å². The minimum atomic E-state index is -0.175. The van der Waals surface area contributed by atoms with Crippen LogP contribution < -0.4 is 10.1 Å². The summed E-state index contributed by atoms with van der Waals surface area (Å²) >= 11 is 1.26. The number of benzene rings is 3. The Morgan fingerprint density at radius 2 is 1.66 bits per heavy atom. The molecule has 5 nitrogen and oxygen atoms in total. The fraction of sp³-hybridized carbons (Fsp3) is 0.219. The number of pyridine rings is 1. The Hall–Kier alpha value is -4.08. The third kappa shape index (κ3) is 6.62. The molecular weight excluding hydrogens is 490 g/mol. The zero-order chi connectivity index (χ0) is 27.1. The van der Waals surface area contributed by atoms with E-state index in [2.05, 4.69) is 56.4 Å². The fourth-order valence-electron chi connectivity index (χ4n) is 4.00. The molecule has 0 aliphatic rings. The molecular formula is C32H31N3O2S. The van der Waals surface area contributed by atoms with E-state index in [0.717, 1.165) is 28.1 Å². The van der Waals surface area contributed by atoms with E-state index in [1.54, 1.807) is 0 Å². The second-order valence-corrected chi connectivity index (χ2v) is 10.8. The van der Waals surface area contributed by atoms with Crippen LogP contribution in [0.2, 0.25) is 0 Å². The van der Waals surface area contributed by atoms with Crippen molar-refractivity contribution in [2.24, 2.45) is 0 Å². The zero-order valence-corrected chi connectivity index (χ0v) is 22.9. The Kier molecular flexibility index (Phi) is 8.50. The van der Waals surface area contributed by atoms with Gasteiger partial charge >= 0.3 is 0 Å². The number of hydrogen-bond donors (Lipinski definition) is 1. The number of carbonyl (C=O) groups excluding carboxylic acids is 1. The lowest BCUT2D eigenvalue weighted by Crippen LogP contribution is -2.14. The summed E-state index contributed by atoms with van der Waals surface area (Å²) in [4.78, 5) is 17.6. The second-order valence-electron chi connectivity index (χ2n) is 9.83. The smallest absolute Gasteiger partial charge is 0.234 e. The van der Waals surface area contributed by atoms with Crippen molar-refractivity contribution in [1.82, 2.24) is 4.98 Å².